The van der Waals surface area contributed by atoms with E-state index in [1.807, 2.05) is 0 Å². The number of urea groups is 1. The zero-order chi connectivity index (χ0) is 15.2. The van der Waals surface area contributed by atoms with Crippen LogP contribution in [0.4, 0.5) is 4.79 Å². The molecule has 1 rings (SSSR count). The van der Waals surface area contributed by atoms with Crippen molar-refractivity contribution in [2.24, 2.45) is 0 Å². The van der Waals surface area contributed by atoms with Crippen LogP contribution in [-0.2, 0) is 4.79 Å². The summed E-state index contributed by atoms with van der Waals surface area (Å²) in [4.78, 5) is 25.2. The molecule has 1 saturated heterocycles. The Labute approximate surface area is 121 Å². The average molecular weight is 284 g/mol. The molecule has 1 fully saturated rings. The minimum Gasteiger partial charge on any atom is -0.481 e. The highest BCUT2D eigenvalue weighted by Crippen LogP contribution is 2.23. The quantitative estimate of drug-likeness (QED) is 0.787. The van der Waals surface area contributed by atoms with Gasteiger partial charge >= 0.3 is 12.0 Å². The fourth-order valence-corrected chi connectivity index (χ4v) is 3.00. The molecule has 2 N–H and O–H groups in total. The van der Waals surface area contributed by atoms with Crippen LogP contribution in [0.15, 0.2) is 0 Å². The molecule has 0 spiro atoms. The summed E-state index contributed by atoms with van der Waals surface area (Å²) < 4.78 is 0. The van der Waals surface area contributed by atoms with Crippen molar-refractivity contribution in [1.29, 1.82) is 0 Å². The van der Waals surface area contributed by atoms with Gasteiger partial charge < -0.3 is 15.3 Å². The number of nitrogens with zero attached hydrogens (tertiary/aromatic N) is 1. The summed E-state index contributed by atoms with van der Waals surface area (Å²) in [5.41, 5.74) is -0.164. The number of amides is 2. The normalized spacial score (nSPS) is 19.8. The predicted octanol–water partition coefficient (Wildman–Crippen LogP) is 2.99. The number of hydrogen-bond donors (Lipinski definition) is 2. The average Bonchev–Trinajstić information content (AvgIpc) is 2.44. The Balaban J connectivity index is 2.74. The highest BCUT2D eigenvalue weighted by Gasteiger charge is 2.33. The van der Waals surface area contributed by atoms with E-state index < -0.39 is 5.97 Å². The number of likely N-dealkylation sites (tertiary alicyclic amines) is 1. The van der Waals surface area contributed by atoms with Crippen LogP contribution in [0, 0.1) is 0 Å². The molecule has 1 aliphatic rings. The highest BCUT2D eigenvalue weighted by atomic mass is 16.4. The summed E-state index contributed by atoms with van der Waals surface area (Å²) in [6, 6.07) is -0.258. The number of hydrogen-bond acceptors (Lipinski definition) is 2. The van der Waals surface area contributed by atoms with Gasteiger partial charge in [0.2, 0.25) is 0 Å². The third kappa shape index (κ3) is 4.12. The first-order valence-corrected chi connectivity index (χ1v) is 7.78. The Morgan fingerprint density at radius 3 is 2.30 bits per heavy atom. The fraction of sp³-hybridized carbons (Fsp3) is 0.867. The number of carbonyl (C=O) groups excluding carboxylic acids is 1. The molecule has 1 atom stereocenters. The van der Waals surface area contributed by atoms with Gasteiger partial charge in [-0.2, -0.15) is 0 Å². The molecular formula is C15H28N2O3. The number of nitrogens with one attached hydrogen (secondary N) is 1. The Morgan fingerprint density at radius 2 is 1.80 bits per heavy atom. The molecule has 0 aliphatic carbocycles. The molecule has 0 saturated carbocycles. The van der Waals surface area contributed by atoms with Crippen molar-refractivity contribution in [2.75, 3.05) is 6.54 Å². The lowest BCUT2D eigenvalue weighted by Gasteiger charge is -2.39. The maximum Gasteiger partial charge on any atom is 0.318 e. The van der Waals surface area contributed by atoms with E-state index in [1.54, 1.807) is 4.90 Å². The number of rotatable bonds is 6. The van der Waals surface area contributed by atoms with E-state index in [2.05, 4.69) is 26.1 Å². The van der Waals surface area contributed by atoms with Crippen LogP contribution in [0.3, 0.4) is 0 Å². The molecule has 1 heterocycles. The second-order valence-corrected chi connectivity index (χ2v) is 5.71. The van der Waals surface area contributed by atoms with Crippen LogP contribution in [0.5, 0.6) is 0 Å². The van der Waals surface area contributed by atoms with Gasteiger partial charge in [0.1, 0.15) is 0 Å². The molecule has 0 radical (unpaired) electrons. The summed E-state index contributed by atoms with van der Waals surface area (Å²) >= 11 is 0. The fourth-order valence-electron chi connectivity index (χ4n) is 3.00. The maximum absolute atomic E-state index is 12.5. The Hall–Kier alpha value is -1.26. The molecule has 5 nitrogen and oxygen atoms in total. The van der Waals surface area contributed by atoms with E-state index in [0.717, 1.165) is 38.5 Å². The molecular weight excluding hydrogens is 256 g/mol. The number of carboxylic acids is 1. The van der Waals surface area contributed by atoms with Gasteiger partial charge in [-0.25, -0.2) is 4.79 Å². The number of piperidine rings is 1. The Morgan fingerprint density at radius 1 is 1.20 bits per heavy atom. The zero-order valence-electron chi connectivity index (χ0n) is 12.9. The van der Waals surface area contributed by atoms with E-state index >= 15 is 0 Å². The molecule has 0 aromatic rings. The Bertz CT molecular complexity index is 332. The summed E-state index contributed by atoms with van der Waals surface area (Å²) in [5, 5.41) is 12.1. The van der Waals surface area contributed by atoms with Crippen molar-refractivity contribution in [2.45, 2.75) is 77.3 Å². The van der Waals surface area contributed by atoms with Gasteiger partial charge in [-0.3, -0.25) is 4.79 Å². The lowest BCUT2D eigenvalue weighted by molar-refractivity contribution is -0.138. The van der Waals surface area contributed by atoms with Crippen molar-refractivity contribution >= 4 is 12.0 Å². The molecule has 2 amide bonds. The van der Waals surface area contributed by atoms with Gasteiger partial charge in [0, 0.05) is 18.1 Å². The number of aliphatic carboxylic acids is 1. The summed E-state index contributed by atoms with van der Waals surface area (Å²) in [6.45, 7) is 6.91. The number of carboxylic acid groups (broad SMARTS) is 1. The molecule has 1 unspecified atom stereocenters. The predicted molar refractivity (Wildman–Crippen MR) is 78.7 cm³/mol. The lowest BCUT2D eigenvalue weighted by atomic mass is 9.90. The first kappa shape index (κ1) is 16.8. The van der Waals surface area contributed by atoms with Crippen LogP contribution in [-0.4, -0.2) is 40.1 Å². The van der Waals surface area contributed by atoms with E-state index in [4.69, 9.17) is 5.11 Å². The van der Waals surface area contributed by atoms with Crippen molar-refractivity contribution in [3.63, 3.8) is 0 Å². The third-order valence-corrected chi connectivity index (χ3v) is 4.70. The summed E-state index contributed by atoms with van der Waals surface area (Å²) in [6.07, 6.45) is 5.47. The smallest absolute Gasteiger partial charge is 0.318 e. The largest absolute Gasteiger partial charge is 0.481 e. The third-order valence-electron chi connectivity index (χ3n) is 4.70. The highest BCUT2D eigenvalue weighted by molar-refractivity contribution is 5.77. The minimum atomic E-state index is -0.831. The van der Waals surface area contributed by atoms with Gasteiger partial charge in [0.25, 0.3) is 0 Å². The van der Waals surface area contributed by atoms with Crippen LogP contribution in [0.2, 0.25) is 0 Å². The van der Waals surface area contributed by atoms with E-state index in [1.165, 1.54) is 0 Å². The van der Waals surface area contributed by atoms with Crippen LogP contribution in [0.1, 0.15) is 65.7 Å². The van der Waals surface area contributed by atoms with Crippen molar-refractivity contribution in [1.82, 2.24) is 10.2 Å². The van der Waals surface area contributed by atoms with E-state index in [-0.39, 0.29) is 24.0 Å². The van der Waals surface area contributed by atoms with Gasteiger partial charge in [-0.05, 0) is 38.5 Å². The first-order valence-electron chi connectivity index (χ1n) is 7.78. The molecule has 20 heavy (non-hydrogen) atoms. The second kappa shape index (κ2) is 7.50. The van der Waals surface area contributed by atoms with Crippen LogP contribution < -0.4 is 5.32 Å². The molecule has 1 aliphatic heterocycles. The van der Waals surface area contributed by atoms with Gasteiger partial charge in [0.15, 0.2) is 0 Å². The van der Waals surface area contributed by atoms with Crippen LogP contribution >= 0.6 is 0 Å². The second-order valence-electron chi connectivity index (χ2n) is 5.71. The van der Waals surface area contributed by atoms with Crippen LogP contribution in [0.25, 0.3) is 0 Å². The zero-order valence-corrected chi connectivity index (χ0v) is 12.9. The van der Waals surface area contributed by atoms with Gasteiger partial charge in [-0.1, -0.05) is 20.8 Å². The van der Waals surface area contributed by atoms with Crippen molar-refractivity contribution < 1.29 is 14.7 Å². The van der Waals surface area contributed by atoms with Crippen molar-refractivity contribution in [3.05, 3.63) is 0 Å². The first-order chi connectivity index (χ1) is 9.48. The molecule has 0 aromatic carbocycles. The SMILES string of the molecule is CCC(CC)(CC)NC(=O)N1CCCCC1CC(=O)O. The van der Waals surface area contributed by atoms with E-state index in [9.17, 15) is 9.59 Å². The summed E-state index contributed by atoms with van der Waals surface area (Å²) in [5.74, 6) is -0.831. The Kier molecular flexibility index (Phi) is 6.30. The van der Waals surface area contributed by atoms with Gasteiger partial charge in [0.05, 0.1) is 6.42 Å². The maximum atomic E-state index is 12.5. The minimum absolute atomic E-state index is 0.0464. The lowest BCUT2D eigenvalue weighted by Crippen LogP contribution is -2.56. The number of carbonyl (C=O) groups is 2. The van der Waals surface area contributed by atoms with E-state index in [0.29, 0.717) is 6.54 Å². The standard InChI is InChI=1S/C15H28N2O3/c1-4-15(5-2,6-3)16-14(20)17-10-8-7-9-12(17)11-13(18)19/h12H,4-11H2,1-3H3,(H,16,20)(H,18,19). The molecule has 116 valence electrons. The molecule has 0 bridgehead atoms. The van der Waals surface area contributed by atoms with Gasteiger partial charge in [-0.15, -0.1) is 0 Å². The van der Waals surface area contributed by atoms with Crippen molar-refractivity contribution in [3.8, 4) is 0 Å². The summed E-state index contributed by atoms with van der Waals surface area (Å²) in [7, 11) is 0. The topological polar surface area (TPSA) is 69.6 Å². The molecule has 5 heteroatoms. The molecule has 0 aromatic heterocycles. The monoisotopic (exact) mass is 284 g/mol.